The minimum absolute atomic E-state index is 0.238. The molecule has 0 spiro atoms. The lowest BCUT2D eigenvalue weighted by atomic mass is 9.75. The molecule has 0 N–H and O–H groups in total. The molecule has 3 rings (SSSR count). The van der Waals surface area contributed by atoms with Gasteiger partial charge in [0, 0.05) is 0 Å². The summed E-state index contributed by atoms with van der Waals surface area (Å²) < 4.78 is 12.2. The van der Waals surface area contributed by atoms with Gasteiger partial charge in [-0.2, -0.15) is 0 Å². The van der Waals surface area contributed by atoms with Gasteiger partial charge >= 0.3 is 7.12 Å². The standard InChI is InChI=1S/C16H23BO2/c1-11-10-13(12-6-7-12)8-9-14(11)17-18-15(2,3)16(4,5)19-17/h8-10,12H,6-7H2,1-5H3. The molecule has 1 saturated carbocycles. The first-order valence-electron chi connectivity index (χ1n) is 7.26. The first kappa shape index (κ1) is 13.2. The van der Waals surface area contributed by atoms with Crippen LogP contribution in [0.15, 0.2) is 18.2 Å². The van der Waals surface area contributed by atoms with Gasteiger partial charge in [0.15, 0.2) is 0 Å². The highest BCUT2D eigenvalue weighted by molar-refractivity contribution is 6.62. The van der Waals surface area contributed by atoms with Gasteiger partial charge in [0.2, 0.25) is 0 Å². The van der Waals surface area contributed by atoms with Crippen molar-refractivity contribution in [2.75, 3.05) is 0 Å². The molecular weight excluding hydrogens is 235 g/mol. The van der Waals surface area contributed by atoms with Gasteiger partial charge in [0.1, 0.15) is 0 Å². The molecule has 1 saturated heterocycles. The van der Waals surface area contributed by atoms with Crippen molar-refractivity contribution in [2.45, 2.75) is 64.6 Å². The molecule has 19 heavy (non-hydrogen) atoms. The Hall–Kier alpha value is -0.795. The number of rotatable bonds is 2. The predicted octanol–water partition coefficient (Wildman–Crippen LogP) is 3.17. The lowest BCUT2D eigenvalue weighted by molar-refractivity contribution is 0.00578. The molecule has 0 aromatic heterocycles. The van der Waals surface area contributed by atoms with Crippen LogP contribution < -0.4 is 5.46 Å². The lowest BCUT2D eigenvalue weighted by Gasteiger charge is -2.32. The number of benzene rings is 1. The maximum atomic E-state index is 6.12. The van der Waals surface area contributed by atoms with Gasteiger partial charge in [-0.15, -0.1) is 0 Å². The largest absolute Gasteiger partial charge is 0.495 e. The van der Waals surface area contributed by atoms with Crippen molar-refractivity contribution in [3.8, 4) is 0 Å². The predicted molar refractivity (Wildman–Crippen MR) is 78.9 cm³/mol. The van der Waals surface area contributed by atoms with Crippen LogP contribution in [-0.4, -0.2) is 18.3 Å². The van der Waals surface area contributed by atoms with E-state index in [1.54, 1.807) is 0 Å². The zero-order chi connectivity index (χ0) is 13.8. The SMILES string of the molecule is Cc1cc(C2CC2)ccc1B1OC(C)(C)C(C)(C)O1. The summed E-state index contributed by atoms with van der Waals surface area (Å²) in [6, 6.07) is 6.73. The van der Waals surface area contributed by atoms with Crippen LogP contribution in [0.3, 0.4) is 0 Å². The fourth-order valence-corrected chi connectivity index (χ4v) is 2.60. The molecule has 0 bridgehead atoms. The molecule has 1 aromatic rings. The molecule has 2 aliphatic rings. The van der Waals surface area contributed by atoms with Gasteiger partial charge in [-0.25, -0.2) is 0 Å². The average molecular weight is 258 g/mol. The number of hydrogen-bond donors (Lipinski definition) is 0. The van der Waals surface area contributed by atoms with Gasteiger partial charge in [-0.05, 0) is 64.4 Å². The van der Waals surface area contributed by atoms with Gasteiger partial charge < -0.3 is 9.31 Å². The van der Waals surface area contributed by atoms with E-state index in [1.807, 2.05) is 0 Å². The topological polar surface area (TPSA) is 18.5 Å². The van der Waals surface area contributed by atoms with Crippen molar-refractivity contribution in [3.05, 3.63) is 29.3 Å². The summed E-state index contributed by atoms with van der Waals surface area (Å²) in [6.45, 7) is 10.6. The molecule has 1 heterocycles. The van der Waals surface area contributed by atoms with Gasteiger partial charge in [-0.1, -0.05) is 23.8 Å². The first-order chi connectivity index (χ1) is 8.80. The molecule has 2 nitrogen and oxygen atoms in total. The minimum atomic E-state index is -0.265. The smallest absolute Gasteiger partial charge is 0.399 e. The molecule has 0 radical (unpaired) electrons. The van der Waals surface area contributed by atoms with Crippen LogP contribution in [0.4, 0.5) is 0 Å². The Morgan fingerprint density at radius 2 is 1.63 bits per heavy atom. The van der Waals surface area contributed by atoms with Crippen LogP contribution in [0.25, 0.3) is 0 Å². The highest BCUT2D eigenvalue weighted by Gasteiger charge is 2.52. The third-order valence-electron chi connectivity index (χ3n) is 4.85. The van der Waals surface area contributed by atoms with Crippen molar-refractivity contribution in [1.82, 2.24) is 0 Å². The Kier molecular flexibility index (Phi) is 2.85. The summed E-state index contributed by atoms with van der Waals surface area (Å²) >= 11 is 0. The maximum absolute atomic E-state index is 6.12. The van der Waals surface area contributed by atoms with Crippen LogP contribution >= 0.6 is 0 Å². The normalized spacial score (nSPS) is 24.8. The second kappa shape index (κ2) is 4.10. The van der Waals surface area contributed by atoms with Crippen molar-refractivity contribution >= 4 is 12.6 Å². The summed E-state index contributed by atoms with van der Waals surface area (Å²) in [6.07, 6.45) is 2.69. The van der Waals surface area contributed by atoms with Crippen LogP contribution in [-0.2, 0) is 9.31 Å². The fraction of sp³-hybridized carbons (Fsp3) is 0.625. The van der Waals surface area contributed by atoms with Crippen molar-refractivity contribution in [1.29, 1.82) is 0 Å². The van der Waals surface area contributed by atoms with E-state index in [4.69, 9.17) is 9.31 Å². The molecule has 1 aliphatic carbocycles. The van der Waals surface area contributed by atoms with Crippen LogP contribution in [0, 0.1) is 6.92 Å². The lowest BCUT2D eigenvalue weighted by Crippen LogP contribution is -2.41. The highest BCUT2D eigenvalue weighted by atomic mass is 16.7. The van der Waals surface area contributed by atoms with E-state index >= 15 is 0 Å². The minimum Gasteiger partial charge on any atom is -0.399 e. The highest BCUT2D eigenvalue weighted by Crippen LogP contribution is 2.40. The Morgan fingerprint density at radius 1 is 1.05 bits per heavy atom. The van der Waals surface area contributed by atoms with E-state index in [-0.39, 0.29) is 18.3 Å². The zero-order valence-corrected chi connectivity index (χ0v) is 12.6. The van der Waals surface area contributed by atoms with Crippen LogP contribution in [0.1, 0.15) is 57.6 Å². The summed E-state index contributed by atoms with van der Waals surface area (Å²) in [7, 11) is -0.238. The van der Waals surface area contributed by atoms with E-state index < -0.39 is 0 Å². The summed E-state index contributed by atoms with van der Waals surface area (Å²) in [5.74, 6) is 0.797. The monoisotopic (exact) mass is 258 g/mol. The molecule has 102 valence electrons. The van der Waals surface area contributed by atoms with Crippen LogP contribution in [0.5, 0.6) is 0 Å². The van der Waals surface area contributed by atoms with E-state index in [1.165, 1.54) is 29.4 Å². The first-order valence-corrected chi connectivity index (χ1v) is 7.26. The molecule has 0 unspecified atom stereocenters. The van der Waals surface area contributed by atoms with Gasteiger partial charge in [0.25, 0.3) is 0 Å². The Bertz CT molecular complexity index is 487. The fourth-order valence-electron chi connectivity index (χ4n) is 2.60. The van der Waals surface area contributed by atoms with E-state index in [2.05, 4.69) is 52.8 Å². The van der Waals surface area contributed by atoms with Gasteiger partial charge in [0.05, 0.1) is 11.2 Å². The van der Waals surface area contributed by atoms with Crippen molar-refractivity contribution in [3.63, 3.8) is 0 Å². The molecule has 1 aliphatic heterocycles. The molecule has 0 amide bonds. The second-order valence-electron chi connectivity index (χ2n) is 6.98. The van der Waals surface area contributed by atoms with E-state index in [0.717, 1.165) is 5.92 Å². The third-order valence-corrected chi connectivity index (χ3v) is 4.85. The molecule has 1 aromatic carbocycles. The summed E-state index contributed by atoms with van der Waals surface area (Å²) in [5.41, 5.74) is 3.39. The number of hydrogen-bond acceptors (Lipinski definition) is 2. The van der Waals surface area contributed by atoms with E-state index in [0.29, 0.717) is 0 Å². The van der Waals surface area contributed by atoms with Gasteiger partial charge in [-0.3, -0.25) is 0 Å². The van der Waals surface area contributed by atoms with Crippen molar-refractivity contribution in [2.24, 2.45) is 0 Å². The van der Waals surface area contributed by atoms with E-state index in [9.17, 15) is 0 Å². The summed E-state index contributed by atoms with van der Waals surface area (Å²) in [5, 5.41) is 0. The summed E-state index contributed by atoms with van der Waals surface area (Å²) in [4.78, 5) is 0. The Balaban J connectivity index is 1.87. The average Bonchev–Trinajstić information content (AvgIpc) is 3.07. The Labute approximate surface area is 116 Å². The zero-order valence-electron chi connectivity index (χ0n) is 12.6. The Morgan fingerprint density at radius 3 is 2.11 bits per heavy atom. The molecule has 0 atom stereocenters. The maximum Gasteiger partial charge on any atom is 0.495 e. The molecule has 2 fully saturated rings. The quantitative estimate of drug-likeness (QED) is 0.758. The molecule has 3 heteroatoms. The molecular formula is C16H23BO2. The second-order valence-corrected chi connectivity index (χ2v) is 6.98. The third kappa shape index (κ3) is 2.23. The number of aryl methyl sites for hydroxylation is 1. The van der Waals surface area contributed by atoms with Crippen LogP contribution in [0.2, 0.25) is 0 Å². The van der Waals surface area contributed by atoms with Crippen molar-refractivity contribution < 1.29 is 9.31 Å².